The molecule has 0 bridgehead atoms. The van der Waals surface area contributed by atoms with Crippen molar-refractivity contribution in [2.75, 3.05) is 0 Å². The average molecular weight is 393 g/mol. The second-order valence-electron chi connectivity index (χ2n) is 6.69. The number of benzene rings is 2. The zero-order chi connectivity index (χ0) is 19.7. The molecule has 0 fully saturated rings. The Balaban J connectivity index is 1.94. The van der Waals surface area contributed by atoms with Crippen molar-refractivity contribution in [1.29, 1.82) is 0 Å². The fourth-order valence-electron chi connectivity index (χ4n) is 2.97. The molecule has 5 nitrogen and oxygen atoms in total. The molecule has 0 aromatic heterocycles. The molecule has 2 N–H and O–H groups in total. The monoisotopic (exact) mass is 392 g/mol. The van der Waals surface area contributed by atoms with Crippen molar-refractivity contribution in [1.82, 2.24) is 0 Å². The minimum atomic E-state index is -4.38. The van der Waals surface area contributed by atoms with Crippen LogP contribution in [-0.4, -0.2) is 18.1 Å². The van der Waals surface area contributed by atoms with Gasteiger partial charge in [0.05, 0.1) is 0 Å². The van der Waals surface area contributed by atoms with Gasteiger partial charge < -0.3 is 9.84 Å². The number of unbranched alkanes of at least 4 members (excludes halogenated alkanes) is 6. The summed E-state index contributed by atoms with van der Waals surface area (Å²) in [6.45, 7) is 2.21. The first-order chi connectivity index (χ1) is 12.9. The normalized spacial score (nSPS) is 11.5. The minimum absolute atomic E-state index is 0.0132. The number of aryl methyl sites for hydroxylation is 1. The second-order valence-corrected chi connectivity index (χ2v) is 8.08. The lowest BCUT2D eigenvalue weighted by molar-refractivity contribution is 0.437. The Morgan fingerprint density at radius 3 is 2.26 bits per heavy atom. The van der Waals surface area contributed by atoms with Gasteiger partial charge in [0.15, 0.2) is 0 Å². The molecule has 2 aromatic carbocycles. The van der Waals surface area contributed by atoms with E-state index in [2.05, 4.69) is 6.92 Å². The second kappa shape index (κ2) is 10.3. The molecule has 2 aromatic rings. The van der Waals surface area contributed by atoms with E-state index in [1.807, 2.05) is 0 Å². The number of phenols is 1. The summed E-state index contributed by atoms with van der Waals surface area (Å²) in [7, 11) is -4.38. The number of hydrogen-bond donors (Lipinski definition) is 2. The molecule has 0 aliphatic carbocycles. The van der Waals surface area contributed by atoms with Crippen molar-refractivity contribution >= 4 is 10.1 Å². The number of phenolic OH excluding ortho intramolecular Hbond substituents is 1. The fraction of sp³-hybridized carbons (Fsp3) is 0.429. The van der Waals surface area contributed by atoms with E-state index in [0.717, 1.165) is 24.8 Å². The molecule has 0 spiro atoms. The summed E-state index contributed by atoms with van der Waals surface area (Å²) in [5.41, 5.74) is 0.846. The summed E-state index contributed by atoms with van der Waals surface area (Å²) in [4.78, 5) is -0.309. The molecular formula is C21H28O5S. The van der Waals surface area contributed by atoms with Crippen LogP contribution < -0.4 is 4.74 Å². The first-order valence-corrected chi connectivity index (χ1v) is 10.9. The lowest BCUT2D eigenvalue weighted by Gasteiger charge is -2.11. The Labute approximate surface area is 161 Å². The van der Waals surface area contributed by atoms with Gasteiger partial charge >= 0.3 is 0 Å². The highest BCUT2D eigenvalue weighted by Gasteiger charge is 2.16. The summed E-state index contributed by atoms with van der Waals surface area (Å²) < 4.78 is 37.7. The molecule has 0 unspecified atom stereocenters. The van der Waals surface area contributed by atoms with Crippen molar-refractivity contribution in [2.24, 2.45) is 0 Å². The molecule has 148 valence electrons. The topological polar surface area (TPSA) is 83.8 Å². The van der Waals surface area contributed by atoms with Crippen LogP contribution in [0.3, 0.4) is 0 Å². The van der Waals surface area contributed by atoms with E-state index in [9.17, 15) is 18.1 Å². The molecule has 0 amide bonds. The van der Waals surface area contributed by atoms with Crippen molar-refractivity contribution in [2.45, 2.75) is 63.2 Å². The molecule has 0 radical (unpaired) electrons. The van der Waals surface area contributed by atoms with Gasteiger partial charge in [-0.2, -0.15) is 8.42 Å². The number of para-hydroxylation sites is 1. The Bertz CT molecular complexity index is 830. The van der Waals surface area contributed by atoms with E-state index >= 15 is 0 Å². The standard InChI is InChI=1S/C21H28O5S/c1-2-3-4-5-6-7-8-11-17-14-15-18(16-19(17)22)26-20-12-9-10-13-21(20)27(23,24)25/h9-10,12-16,22H,2-8,11H2,1H3,(H,23,24,25). The number of aromatic hydroxyl groups is 1. The van der Waals surface area contributed by atoms with Gasteiger partial charge in [0, 0.05) is 6.07 Å². The molecule has 2 rings (SSSR count). The molecule has 0 aliphatic rings. The van der Waals surface area contributed by atoms with Crippen molar-refractivity contribution in [3.8, 4) is 17.2 Å². The number of ether oxygens (including phenoxy) is 1. The largest absolute Gasteiger partial charge is 0.508 e. The van der Waals surface area contributed by atoms with Crippen molar-refractivity contribution in [3.05, 3.63) is 48.0 Å². The Morgan fingerprint density at radius 2 is 1.59 bits per heavy atom. The third-order valence-electron chi connectivity index (χ3n) is 4.46. The molecule has 0 saturated heterocycles. The van der Waals surface area contributed by atoms with E-state index in [4.69, 9.17) is 4.74 Å². The summed E-state index contributed by atoms with van der Waals surface area (Å²) in [5.74, 6) is 0.453. The van der Waals surface area contributed by atoms with E-state index in [-0.39, 0.29) is 16.4 Å². The molecule has 0 atom stereocenters. The van der Waals surface area contributed by atoms with Crippen LogP contribution in [0.15, 0.2) is 47.4 Å². The highest BCUT2D eigenvalue weighted by atomic mass is 32.2. The van der Waals surface area contributed by atoms with Crippen LogP contribution in [0, 0.1) is 0 Å². The molecule has 0 saturated carbocycles. The number of rotatable bonds is 11. The third kappa shape index (κ3) is 6.88. The zero-order valence-electron chi connectivity index (χ0n) is 15.7. The molecule has 27 heavy (non-hydrogen) atoms. The minimum Gasteiger partial charge on any atom is -0.508 e. The van der Waals surface area contributed by atoms with Crippen LogP contribution in [-0.2, 0) is 16.5 Å². The maximum atomic E-state index is 11.4. The van der Waals surface area contributed by atoms with Gasteiger partial charge in [-0.3, -0.25) is 4.55 Å². The van der Waals surface area contributed by atoms with Gasteiger partial charge in [-0.05, 0) is 36.6 Å². The maximum absolute atomic E-state index is 11.4. The van der Waals surface area contributed by atoms with Crippen LogP contribution in [0.5, 0.6) is 17.2 Å². The van der Waals surface area contributed by atoms with Crippen LogP contribution in [0.4, 0.5) is 0 Å². The predicted octanol–water partition coefficient (Wildman–Crippen LogP) is 5.72. The Morgan fingerprint density at radius 1 is 0.926 bits per heavy atom. The first-order valence-electron chi connectivity index (χ1n) is 9.48. The van der Waals surface area contributed by atoms with Crippen LogP contribution >= 0.6 is 0 Å². The third-order valence-corrected chi connectivity index (χ3v) is 5.35. The SMILES string of the molecule is CCCCCCCCCc1ccc(Oc2ccccc2S(=O)(=O)O)cc1O. The summed E-state index contributed by atoms with van der Waals surface area (Å²) in [5, 5.41) is 10.2. The van der Waals surface area contributed by atoms with Gasteiger partial charge in [-0.15, -0.1) is 0 Å². The van der Waals surface area contributed by atoms with Gasteiger partial charge in [0.25, 0.3) is 10.1 Å². The summed E-state index contributed by atoms with van der Waals surface area (Å²) in [6, 6.07) is 10.8. The van der Waals surface area contributed by atoms with Crippen molar-refractivity contribution < 1.29 is 22.8 Å². The van der Waals surface area contributed by atoms with Gasteiger partial charge in [-0.1, -0.05) is 63.6 Å². The quantitative estimate of drug-likeness (QED) is 0.377. The predicted molar refractivity (Wildman–Crippen MR) is 106 cm³/mol. The van der Waals surface area contributed by atoms with Crippen molar-refractivity contribution in [3.63, 3.8) is 0 Å². The highest BCUT2D eigenvalue weighted by molar-refractivity contribution is 7.86. The van der Waals surface area contributed by atoms with Crippen LogP contribution in [0.2, 0.25) is 0 Å². The maximum Gasteiger partial charge on any atom is 0.298 e. The van der Waals surface area contributed by atoms with E-state index in [0.29, 0.717) is 5.75 Å². The summed E-state index contributed by atoms with van der Waals surface area (Å²) >= 11 is 0. The van der Waals surface area contributed by atoms with Gasteiger partial charge in [0.1, 0.15) is 22.1 Å². The fourth-order valence-corrected chi connectivity index (χ4v) is 3.58. The Hall–Kier alpha value is -2.05. The molecule has 6 heteroatoms. The van der Waals surface area contributed by atoms with Gasteiger partial charge in [-0.25, -0.2) is 0 Å². The highest BCUT2D eigenvalue weighted by Crippen LogP contribution is 2.32. The van der Waals surface area contributed by atoms with E-state index < -0.39 is 10.1 Å². The first kappa shape index (κ1) is 21.3. The van der Waals surface area contributed by atoms with Crippen LogP contribution in [0.1, 0.15) is 57.4 Å². The molecule has 0 aliphatic heterocycles. The van der Waals surface area contributed by atoms with Gasteiger partial charge in [0.2, 0.25) is 0 Å². The summed E-state index contributed by atoms with van der Waals surface area (Å²) in [6.07, 6.45) is 9.27. The van der Waals surface area contributed by atoms with E-state index in [1.54, 1.807) is 18.2 Å². The Kier molecular flexibility index (Phi) is 8.13. The molecular weight excluding hydrogens is 364 g/mol. The number of hydrogen-bond acceptors (Lipinski definition) is 4. The smallest absolute Gasteiger partial charge is 0.298 e. The lowest BCUT2D eigenvalue weighted by atomic mass is 10.0. The molecule has 0 heterocycles. The zero-order valence-corrected chi connectivity index (χ0v) is 16.5. The van der Waals surface area contributed by atoms with Crippen LogP contribution in [0.25, 0.3) is 0 Å². The average Bonchev–Trinajstić information content (AvgIpc) is 2.62. The van der Waals surface area contributed by atoms with E-state index in [1.165, 1.54) is 56.4 Å². The lowest BCUT2D eigenvalue weighted by Crippen LogP contribution is -2.00.